The van der Waals surface area contributed by atoms with Gasteiger partial charge in [0, 0.05) is 13.5 Å². The second-order valence-electron chi connectivity index (χ2n) is 5.89. The summed E-state index contributed by atoms with van der Waals surface area (Å²) in [5.41, 5.74) is 0. The Morgan fingerprint density at radius 3 is 2.45 bits per heavy atom. The van der Waals surface area contributed by atoms with E-state index in [-0.39, 0.29) is 5.91 Å². The summed E-state index contributed by atoms with van der Waals surface area (Å²) in [5, 5.41) is 5.85. The highest BCUT2D eigenvalue weighted by Gasteiger charge is 2.20. The van der Waals surface area contributed by atoms with Crippen molar-refractivity contribution in [3.8, 4) is 0 Å². The third-order valence-corrected chi connectivity index (χ3v) is 4.08. The Balaban J connectivity index is 2.19. The number of hydrogen-bond acceptors (Lipinski definition) is 4. The SMILES string of the molecule is COC(=O)C(CNCCC1CCC(C)CC1)NC(C)=O. The van der Waals surface area contributed by atoms with E-state index in [4.69, 9.17) is 0 Å². The lowest BCUT2D eigenvalue weighted by Crippen LogP contribution is -2.47. The van der Waals surface area contributed by atoms with Crippen molar-refractivity contribution in [1.82, 2.24) is 10.6 Å². The van der Waals surface area contributed by atoms with Crippen LogP contribution in [0.4, 0.5) is 0 Å². The Hall–Kier alpha value is -1.10. The molecule has 1 rings (SSSR count). The predicted molar refractivity (Wildman–Crippen MR) is 78.2 cm³/mol. The Morgan fingerprint density at radius 1 is 1.25 bits per heavy atom. The molecule has 0 bridgehead atoms. The van der Waals surface area contributed by atoms with E-state index in [0.29, 0.717) is 6.54 Å². The van der Waals surface area contributed by atoms with Crippen LogP contribution in [0.25, 0.3) is 0 Å². The number of esters is 1. The molecule has 116 valence electrons. The first-order valence-corrected chi connectivity index (χ1v) is 7.58. The van der Waals surface area contributed by atoms with Gasteiger partial charge in [-0.15, -0.1) is 0 Å². The lowest BCUT2D eigenvalue weighted by Gasteiger charge is -2.26. The van der Waals surface area contributed by atoms with Gasteiger partial charge in [-0.1, -0.05) is 32.6 Å². The third kappa shape index (κ3) is 6.37. The van der Waals surface area contributed by atoms with Gasteiger partial charge in [0.1, 0.15) is 6.04 Å². The zero-order valence-electron chi connectivity index (χ0n) is 12.9. The fourth-order valence-corrected chi connectivity index (χ4v) is 2.75. The topological polar surface area (TPSA) is 67.4 Å². The summed E-state index contributed by atoms with van der Waals surface area (Å²) in [6.07, 6.45) is 6.44. The van der Waals surface area contributed by atoms with Crippen LogP contribution < -0.4 is 10.6 Å². The Bertz CT molecular complexity index is 312. The fourth-order valence-electron chi connectivity index (χ4n) is 2.75. The van der Waals surface area contributed by atoms with Gasteiger partial charge in [-0.05, 0) is 24.8 Å². The van der Waals surface area contributed by atoms with Crippen molar-refractivity contribution in [2.24, 2.45) is 11.8 Å². The van der Waals surface area contributed by atoms with Crippen molar-refractivity contribution in [3.63, 3.8) is 0 Å². The maximum atomic E-state index is 11.5. The minimum atomic E-state index is -0.594. The molecule has 0 aromatic heterocycles. The molecule has 1 fully saturated rings. The van der Waals surface area contributed by atoms with Gasteiger partial charge in [-0.25, -0.2) is 4.79 Å². The molecule has 1 aliphatic carbocycles. The first-order chi connectivity index (χ1) is 9.52. The van der Waals surface area contributed by atoms with Crippen LogP contribution in [-0.2, 0) is 14.3 Å². The summed E-state index contributed by atoms with van der Waals surface area (Å²) >= 11 is 0. The van der Waals surface area contributed by atoms with Crippen molar-refractivity contribution < 1.29 is 14.3 Å². The van der Waals surface area contributed by atoms with Gasteiger partial charge in [0.05, 0.1) is 7.11 Å². The fraction of sp³-hybridized carbons (Fsp3) is 0.867. The lowest BCUT2D eigenvalue weighted by atomic mass is 9.81. The lowest BCUT2D eigenvalue weighted by molar-refractivity contribution is -0.144. The quantitative estimate of drug-likeness (QED) is 0.549. The van der Waals surface area contributed by atoms with Crippen LogP contribution in [-0.4, -0.2) is 38.1 Å². The van der Waals surface area contributed by atoms with Crippen LogP contribution in [0.15, 0.2) is 0 Å². The minimum absolute atomic E-state index is 0.219. The molecule has 5 nitrogen and oxygen atoms in total. The van der Waals surface area contributed by atoms with Crippen molar-refractivity contribution in [3.05, 3.63) is 0 Å². The minimum Gasteiger partial charge on any atom is -0.467 e. The summed E-state index contributed by atoms with van der Waals surface area (Å²) < 4.78 is 4.68. The number of amides is 1. The van der Waals surface area contributed by atoms with Crippen LogP contribution in [0.3, 0.4) is 0 Å². The standard InChI is InChI=1S/C15H28N2O3/c1-11-4-6-13(7-5-11)8-9-16-10-14(15(19)20-3)17-12(2)18/h11,13-14,16H,4-10H2,1-3H3,(H,17,18). The summed E-state index contributed by atoms with van der Waals surface area (Å²) in [6, 6.07) is -0.594. The molecule has 0 aromatic carbocycles. The molecule has 0 spiro atoms. The largest absolute Gasteiger partial charge is 0.467 e. The molecule has 20 heavy (non-hydrogen) atoms. The number of carbonyl (C=O) groups is 2. The molecule has 0 aliphatic heterocycles. The molecule has 1 aliphatic rings. The molecule has 1 unspecified atom stereocenters. The van der Waals surface area contributed by atoms with Gasteiger partial charge in [0.2, 0.25) is 5.91 Å². The van der Waals surface area contributed by atoms with Crippen molar-refractivity contribution >= 4 is 11.9 Å². The molecule has 1 amide bonds. The third-order valence-electron chi connectivity index (χ3n) is 4.08. The molecule has 0 aromatic rings. The number of methoxy groups -OCH3 is 1. The average Bonchev–Trinajstić information content (AvgIpc) is 2.43. The number of rotatable bonds is 7. The first-order valence-electron chi connectivity index (χ1n) is 7.58. The van der Waals surface area contributed by atoms with Crippen LogP contribution in [0.2, 0.25) is 0 Å². The molecule has 1 saturated carbocycles. The van der Waals surface area contributed by atoms with E-state index >= 15 is 0 Å². The zero-order valence-corrected chi connectivity index (χ0v) is 12.9. The van der Waals surface area contributed by atoms with E-state index in [9.17, 15) is 9.59 Å². The summed E-state index contributed by atoms with van der Waals surface area (Å²) in [7, 11) is 1.33. The van der Waals surface area contributed by atoms with Gasteiger partial charge < -0.3 is 15.4 Å². The van der Waals surface area contributed by atoms with Gasteiger partial charge in [0.25, 0.3) is 0 Å². The van der Waals surface area contributed by atoms with Gasteiger partial charge in [0.15, 0.2) is 0 Å². The van der Waals surface area contributed by atoms with E-state index in [1.54, 1.807) is 0 Å². The number of hydrogen-bond donors (Lipinski definition) is 2. The van der Waals surface area contributed by atoms with Crippen LogP contribution in [0, 0.1) is 11.8 Å². The second-order valence-corrected chi connectivity index (χ2v) is 5.89. The normalized spacial score (nSPS) is 23.9. The summed E-state index contributed by atoms with van der Waals surface area (Å²) in [6.45, 7) is 5.03. The molecule has 0 radical (unpaired) electrons. The molecule has 5 heteroatoms. The van der Waals surface area contributed by atoms with Crippen molar-refractivity contribution in [2.75, 3.05) is 20.2 Å². The molecular formula is C15H28N2O3. The Labute approximate surface area is 121 Å². The number of carbonyl (C=O) groups excluding carboxylic acids is 2. The Kier molecular flexibility index (Phi) is 7.59. The summed E-state index contributed by atoms with van der Waals surface area (Å²) in [4.78, 5) is 22.5. The molecule has 1 atom stereocenters. The average molecular weight is 284 g/mol. The predicted octanol–water partition coefficient (Wildman–Crippen LogP) is 1.47. The van der Waals surface area contributed by atoms with E-state index in [0.717, 1.165) is 24.8 Å². The first kappa shape index (κ1) is 17.0. The smallest absolute Gasteiger partial charge is 0.329 e. The highest BCUT2D eigenvalue weighted by Crippen LogP contribution is 2.29. The highest BCUT2D eigenvalue weighted by atomic mass is 16.5. The number of nitrogens with one attached hydrogen (secondary N) is 2. The van der Waals surface area contributed by atoms with E-state index in [2.05, 4.69) is 22.3 Å². The Morgan fingerprint density at radius 2 is 1.90 bits per heavy atom. The van der Waals surface area contributed by atoms with Crippen LogP contribution >= 0.6 is 0 Å². The van der Waals surface area contributed by atoms with Gasteiger partial charge in [-0.3, -0.25) is 4.79 Å². The van der Waals surface area contributed by atoms with Crippen LogP contribution in [0.1, 0.15) is 46.0 Å². The van der Waals surface area contributed by atoms with Crippen molar-refractivity contribution in [2.45, 2.75) is 52.0 Å². The number of ether oxygens (including phenoxy) is 1. The van der Waals surface area contributed by atoms with Gasteiger partial charge >= 0.3 is 5.97 Å². The highest BCUT2D eigenvalue weighted by molar-refractivity contribution is 5.83. The van der Waals surface area contributed by atoms with Crippen molar-refractivity contribution in [1.29, 1.82) is 0 Å². The molecule has 0 heterocycles. The van der Waals surface area contributed by atoms with E-state index < -0.39 is 12.0 Å². The zero-order chi connectivity index (χ0) is 15.0. The monoisotopic (exact) mass is 284 g/mol. The van der Waals surface area contributed by atoms with E-state index in [1.807, 2.05) is 0 Å². The molecule has 2 N–H and O–H groups in total. The second kappa shape index (κ2) is 8.95. The van der Waals surface area contributed by atoms with E-state index in [1.165, 1.54) is 39.7 Å². The maximum Gasteiger partial charge on any atom is 0.329 e. The van der Waals surface area contributed by atoms with Crippen LogP contribution in [0.5, 0.6) is 0 Å². The summed E-state index contributed by atoms with van der Waals surface area (Å²) in [5.74, 6) is 1.06. The molecule has 0 saturated heterocycles. The van der Waals surface area contributed by atoms with Gasteiger partial charge in [-0.2, -0.15) is 0 Å². The maximum absolute atomic E-state index is 11.5. The molecular weight excluding hydrogens is 256 g/mol.